The molecule has 24 heavy (non-hydrogen) atoms. The average molecular weight is 345 g/mol. The third kappa shape index (κ3) is 4.13. The number of carbonyl (C=O) groups excluding carboxylic acids is 1. The van der Waals surface area contributed by atoms with Gasteiger partial charge in [0.05, 0.1) is 16.8 Å². The fourth-order valence-corrected chi connectivity index (χ4v) is 3.65. The van der Waals surface area contributed by atoms with Gasteiger partial charge in [0, 0.05) is 18.5 Å². The van der Waals surface area contributed by atoms with Crippen molar-refractivity contribution in [3.63, 3.8) is 0 Å². The Morgan fingerprint density at radius 3 is 3.12 bits per heavy atom. The Morgan fingerprint density at radius 1 is 1.46 bits per heavy atom. The highest BCUT2D eigenvalue weighted by molar-refractivity contribution is 7.07. The summed E-state index contributed by atoms with van der Waals surface area (Å²) in [7, 11) is 1.96. The molecule has 1 atom stereocenters. The number of ether oxygens (including phenoxy) is 1. The Kier molecular flexibility index (Phi) is 5.82. The van der Waals surface area contributed by atoms with E-state index in [9.17, 15) is 4.79 Å². The van der Waals surface area contributed by atoms with Gasteiger partial charge in [-0.05, 0) is 44.5 Å². The quantitative estimate of drug-likeness (QED) is 0.875. The summed E-state index contributed by atoms with van der Waals surface area (Å²) in [4.78, 5) is 19.1. The molecule has 1 N–H and O–H groups in total. The monoisotopic (exact) mass is 345 g/mol. The van der Waals surface area contributed by atoms with Gasteiger partial charge in [-0.25, -0.2) is 4.98 Å². The smallest absolute Gasteiger partial charge is 0.257 e. The second kappa shape index (κ2) is 8.26. The second-order valence-corrected chi connectivity index (χ2v) is 6.80. The van der Waals surface area contributed by atoms with E-state index in [-0.39, 0.29) is 5.91 Å². The molecule has 128 valence electrons. The van der Waals surface area contributed by atoms with E-state index in [2.05, 4.69) is 10.3 Å². The molecule has 1 aromatic carbocycles. The third-order valence-electron chi connectivity index (χ3n) is 4.28. The number of thiazole rings is 1. The van der Waals surface area contributed by atoms with E-state index in [0.29, 0.717) is 23.8 Å². The second-order valence-electron chi connectivity index (χ2n) is 6.08. The first kappa shape index (κ1) is 16.9. The van der Waals surface area contributed by atoms with Crippen LogP contribution in [0.5, 0.6) is 5.75 Å². The zero-order valence-corrected chi connectivity index (χ0v) is 14.7. The first-order chi connectivity index (χ1) is 11.8. The lowest BCUT2D eigenvalue weighted by molar-refractivity contribution is 0.0669. The van der Waals surface area contributed by atoms with Crippen LogP contribution in [-0.2, 0) is 6.61 Å². The number of rotatable bonds is 6. The summed E-state index contributed by atoms with van der Waals surface area (Å²) in [6.07, 6.45) is 2.23. The minimum atomic E-state index is 0.0599. The van der Waals surface area contributed by atoms with Crippen molar-refractivity contribution in [1.29, 1.82) is 0 Å². The molecule has 1 saturated heterocycles. The number of hydrogen-bond donors (Lipinski definition) is 1. The molecule has 1 aliphatic heterocycles. The minimum Gasteiger partial charge on any atom is -0.486 e. The molecule has 2 heterocycles. The van der Waals surface area contributed by atoms with Crippen LogP contribution in [0, 0.1) is 5.92 Å². The average Bonchev–Trinajstić information content (AvgIpc) is 3.14. The van der Waals surface area contributed by atoms with E-state index in [1.165, 1.54) is 6.42 Å². The van der Waals surface area contributed by atoms with Crippen molar-refractivity contribution < 1.29 is 9.53 Å². The number of carbonyl (C=O) groups is 1. The Morgan fingerprint density at radius 2 is 2.33 bits per heavy atom. The molecular weight excluding hydrogens is 322 g/mol. The highest BCUT2D eigenvalue weighted by atomic mass is 32.1. The first-order valence-corrected chi connectivity index (χ1v) is 9.25. The number of nitrogens with one attached hydrogen (secondary N) is 1. The lowest BCUT2D eigenvalue weighted by atomic mass is 9.97. The molecule has 5 nitrogen and oxygen atoms in total. The number of amides is 1. The van der Waals surface area contributed by atoms with Crippen LogP contribution in [0.1, 0.15) is 28.9 Å². The predicted molar refractivity (Wildman–Crippen MR) is 95.4 cm³/mol. The Labute approximate surface area is 146 Å². The summed E-state index contributed by atoms with van der Waals surface area (Å²) in [6, 6.07) is 7.49. The largest absolute Gasteiger partial charge is 0.486 e. The summed E-state index contributed by atoms with van der Waals surface area (Å²) >= 11 is 1.54. The van der Waals surface area contributed by atoms with E-state index < -0.39 is 0 Å². The number of aromatic nitrogens is 1. The van der Waals surface area contributed by atoms with Crippen molar-refractivity contribution in [1.82, 2.24) is 15.2 Å². The van der Waals surface area contributed by atoms with Crippen molar-refractivity contribution in [2.75, 3.05) is 26.7 Å². The maximum absolute atomic E-state index is 12.9. The van der Waals surface area contributed by atoms with E-state index in [4.69, 9.17) is 4.74 Å². The van der Waals surface area contributed by atoms with Crippen LogP contribution in [0.15, 0.2) is 35.2 Å². The Balaban J connectivity index is 1.70. The molecule has 0 radical (unpaired) electrons. The van der Waals surface area contributed by atoms with Crippen LogP contribution in [0.2, 0.25) is 0 Å². The molecule has 0 unspecified atom stereocenters. The van der Waals surface area contributed by atoms with E-state index in [1.807, 2.05) is 41.6 Å². The minimum absolute atomic E-state index is 0.0599. The summed E-state index contributed by atoms with van der Waals surface area (Å²) in [5.74, 6) is 1.21. The van der Waals surface area contributed by atoms with Gasteiger partial charge in [0.25, 0.3) is 5.91 Å². The number of para-hydroxylation sites is 1. The number of likely N-dealkylation sites (tertiary alicyclic amines) is 1. The summed E-state index contributed by atoms with van der Waals surface area (Å²) in [5, 5.41) is 5.17. The van der Waals surface area contributed by atoms with Gasteiger partial charge in [0.15, 0.2) is 0 Å². The van der Waals surface area contributed by atoms with Gasteiger partial charge < -0.3 is 15.0 Å². The van der Waals surface area contributed by atoms with Crippen LogP contribution >= 0.6 is 11.3 Å². The highest BCUT2D eigenvalue weighted by Gasteiger charge is 2.25. The summed E-state index contributed by atoms with van der Waals surface area (Å²) in [5.41, 5.74) is 3.30. The molecule has 1 fully saturated rings. The third-order valence-corrected chi connectivity index (χ3v) is 4.91. The van der Waals surface area contributed by atoms with Gasteiger partial charge in [-0.3, -0.25) is 4.79 Å². The molecule has 0 saturated carbocycles. The fraction of sp³-hybridized carbons (Fsp3) is 0.444. The zero-order chi connectivity index (χ0) is 16.8. The van der Waals surface area contributed by atoms with Crippen molar-refractivity contribution in [2.45, 2.75) is 19.4 Å². The van der Waals surface area contributed by atoms with Crippen LogP contribution in [0.25, 0.3) is 0 Å². The maximum atomic E-state index is 12.9. The van der Waals surface area contributed by atoms with Crippen molar-refractivity contribution in [3.8, 4) is 5.75 Å². The number of piperidine rings is 1. The van der Waals surface area contributed by atoms with Gasteiger partial charge in [0.1, 0.15) is 12.4 Å². The molecule has 1 aromatic heterocycles. The predicted octanol–water partition coefficient (Wildman–Crippen LogP) is 2.79. The molecule has 0 aliphatic carbocycles. The van der Waals surface area contributed by atoms with Gasteiger partial charge in [-0.1, -0.05) is 12.1 Å². The van der Waals surface area contributed by atoms with E-state index >= 15 is 0 Å². The lowest BCUT2D eigenvalue weighted by Gasteiger charge is -2.33. The molecule has 1 amide bonds. The van der Waals surface area contributed by atoms with Crippen LogP contribution in [0.3, 0.4) is 0 Å². The normalized spacial score (nSPS) is 17.7. The van der Waals surface area contributed by atoms with Crippen molar-refractivity contribution in [3.05, 3.63) is 46.4 Å². The standard InChI is InChI=1S/C18H23N3O2S/c1-19-9-14-5-4-8-21(10-14)18(22)16-6-2-3-7-17(16)23-11-15-12-24-13-20-15/h2-3,6-7,12-14,19H,4-5,8-11H2,1H3/t14-/m1/s1. The van der Waals surface area contributed by atoms with Gasteiger partial charge in [-0.2, -0.15) is 0 Å². The lowest BCUT2D eigenvalue weighted by Crippen LogP contribution is -2.42. The zero-order valence-electron chi connectivity index (χ0n) is 13.9. The summed E-state index contributed by atoms with van der Waals surface area (Å²) in [6.45, 7) is 2.96. The summed E-state index contributed by atoms with van der Waals surface area (Å²) < 4.78 is 5.85. The van der Waals surface area contributed by atoms with E-state index in [1.54, 1.807) is 16.8 Å². The molecule has 1 aliphatic rings. The van der Waals surface area contributed by atoms with Crippen LogP contribution in [0.4, 0.5) is 0 Å². The Hall–Kier alpha value is -1.92. The first-order valence-electron chi connectivity index (χ1n) is 8.30. The van der Waals surface area contributed by atoms with Gasteiger partial charge in [0.2, 0.25) is 0 Å². The number of nitrogens with zero attached hydrogens (tertiary/aromatic N) is 2. The fourth-order valence-electron chi connectivity index (χ4n) is 3.10. The highest BCUT2D eigenvalue weighted by Crippen LogP contribution is 2.24. The number of hydrogen-bond acceptors (Lipinski definition) is 5. The molecule has 0 spiro atoms. The SMILES string of the molecule is CNC[C@H]1CCCN(C(=O)c2ccccc2OCc2cscn2)C1. The molecule has 0 bridgehead atoms. The van der Waals surface area contributed by atoms with E-state index in [0.717, 1.165) is 31.7 Å². The van der Waals surface area contributed by atoms with Gasteiger partial charge >= 0.3 is 0 Å². The topological polar surface area (TPSA) is 54.5 Å². The van der Waals surface area contributed by atoms with Crippen LogP contribution in [-0.4, -0.2) is 42.5 Å². The van der Waals surface area contributed by atoms with Gasteiger partial charge in [-0.15, -0.1) is 11.3 Å². The van der Waals surface area contributed by atoms with Crippen molar-refractivity contribution >= 4 is 17.2 Å². The molecule has 3 rings (SSSR count). The maximum Gasteiger partial charge on any atom is 0.257 e. The molecular formula is C18H23N3O2S. The van der Waals surface area contributed by atoms with Crippen LogP contribution < -0.4 is 10.1 Å². The molecule has 2 aromatic rings. The number of benzene rings is 1. The van der Waals surface area contributed by atoms with Crippen molar-refractivity contribution in [2.24, 2.45) is 5.92 Å². The molecule has 6 heteroatoms. The Bertz CT molecular complexity index is 658.